The normalized spacial score (nSPS) is 9.86. The van der Waals surface area contributed by atoms with E-state index in [0.717, 1.165) is 0 Å². The van der Waals surface area contributed by atoms with Crippen molar-refractivity contribution in [3.05, 3.63) is 17.0 Å². The highest BCUT2D eigenvalue weighted by atomic mass is 35.5. The molecule has 0 atom stereocenters. The highest BCUT2D eigenvalue weighted by Gasteiger charge is 2.02. The summed E-state index contributed by atoms with van der Waals surface area (Å²) in [5.41, 5.74) is 4.97. The van der Waals surface area contributed by atoms with E-state index in [4.69, 9.17) is 17.3 Å². The summed E-state index contributed by atoms with van der Waals surface area (Å²) in [5.74, 6) is 0.697. The summed E-state index contributed by atoms with van der Waals surface area (Å²) in [4.78, 5) is 18.6. The minimum atomic E-state index is -0.446. The molecule has 1 aromatic heterocycles. The maximum Gasteiger partial charge on any atom is 0.236 e. The van der Waals surface area contributed by atoms with Gasteiger partial charge in [-0.05, 0) is 0 Å². The average Bonchev–Trinajstić information content (AvgIpc) is 2.14. The lowest BCUT2D eigenvalue weighted by molar-refractivity contribution is -0.116. The van der Waals surface area contributed by atoms with E-state index < -0.39 is 5.91 Å². The molecule has 0 saturated carbocycles. The predicted octanol–water partition coefficient (Wildman–Crippen LogP) is 0.590. The van der Waals surface area contributed by atoms with E-state index in [0.29, 0.717) is 23.2 Å². The standard InChI is InChI=1S/C8H11ClN4O/c1-2-7-12-5(9)3-8(13-7)11-4-6(10)14/h3H,2,4H2,1H3,(H2,10,14)(H,11,12,13). The minimum Gasteiger partial charge on any atom is -0.368 e. The molecule has 1 heterocycles. The minimum absolute atomic E-state index is 0.0382. The zero-order valence-electron chi connectivity index (χ0n) is 7.75. The van der Waals surface area contributed by atoms with Gasteiger partial charge in [-0.1, -0.05) is 18.5 Å². The summed E-state index contributed by atoms with van der Waals surface area (Å²) in [6.07, 6.45) is 0.686. The molecule has 0 aliphatic heterocycles. The Morgan fingerprint density at radius 3 is 2.93 bits per heavy atom. The maximum absolute atomic E-state index is 10.5. The Morgan fingerprint density at radius 1 is 1.64 bits per heavy atom. The summed E-state index contributed by atoms with van der Waals surface area (Å²) in [6.45, 7) is 1.96. The molecular weight excluding hydrogens is 204 g/mol. The van der Waals surface area contributed by atoms with Gasteiger partial charge in [-0.2, -0.15) is 0 Å². The molecule has 0 aliphatic carbocycles. The van der Waals surface area contributed by atoms with Gasteiger partial charge in [-0.25, -0.2) is 9.97 Å². The third-order valence-corrected chi connectivity index (χ3v) is 1.69. The van der Waals surface area contributed by atoms with Crippen molar-refractivity contribution >= 4 is 23.3 Å². The third-order valence-electron chi connectivity index (χ3n) is 1.50. The molecular formula is C8H11ClN4O. The third kappa shape index (κ3) is 3.18. The molecule has 0 bridgehead atoms. The molecule has 0 aromatic carbocycles. The second kappa shape index (κ2) is 4.76. The first-order valence-corrected chi connectivity index (χ1v) is 4.55. The fourth-order valence-electron chi connectivity index (χ4n) is 0.891. The van der Waals surface area contributed by atoms with Crippen molar-refractivity contribution in [1.82, 2.24) is 9.97 Å². The van der Waals surface area contributed by atoms with E-state index in [1.54, 1.807) is 6.07 Å². The molecule has 1 rings (SSSR count). The maximum atomic E-state index is 10.5. The summed E-state index contributed by atoms with van der Waals surface area (Å²) >= 11 is 5.74. The van der Waals surface area contributed by atoms with Crippen LogP contribution in [0.1, 0.15) is 12.7 Å². The monoisotopic (exact) mass is 214 g/mol. The zero-order valence-corrected chi connectivity index (χ0v) is 8.51. The van der Waals surface area contributed by atoms with Crippen LogP contribution in [0.5, 0.6) is 0 Å². The van der Waals surface area contributed by atoms with Gasteiger partial charge in [0.2, 0.25) is 5.91 Å². The van der Waals surface area contributed by atoms with Crippen LogP contribution >= 0.6 is 11.6 Å². The number of amides is 1. The fourth-order valence-corrected chi connectivity index (χ4v) is 1.09. The molecule has 0 aliphatic rings. The van der Waals surface area contributed by atoms with E-state index in [-0.39, 0.29) is 6.54 Å². The molecule has 3 N–H and O–H groups in total. The SMILES string of the molecule is CCc1nc(Cl)cc(NCC(N)=O)n1. The molecule has 6 heteroatoms. The van der Waals surface area contributed by atoms with Gasteiger partial charge in [0.1, 0.15) is 16.8 Å². The number of hydrogen-bond donors (Lipinski definition) is 2. The van der Waals surface area contributed by atoms with Gasteiger partial charge >= 0.3 is 0 Å². The van der Waals surface area contributed by atoms with Crippen LogP contribution in [0.2, 0.25) is 5.15 Å². The number of carbonyl (C=O) groups is 1. The fraction of sp³-hybridized carbons (Fsp3) is 0.375. The Kier molecular flexibility index (Phi) is 3.64. The molecule has 76 valence electrons. The van der Waals surface area contributed by atoms with Gasteiger partial charge in [0.15, 0.2) is 0 Å². The van der Waals surface area contributed by atoms with Crippen molar-refractivity contribution in [2.45, 2.75) is 13.3 Å². The lowest BCUT2D eigenvalue weighted by atomic mass is 10.4. The molecule has 1 aromatic rings. The first-order chi connectivity index (χ1) is 6.61. The number of nitrogens with zero attached hydrogens (tertiary/aromatic N) is 2. The molecule has 0 saturated heterocycles. The summed E-state index contributed by atoms with van der Waals surface area (Å²) < 4.78 is 0. The van der Waals surface area contributed by atoms with Crippen molar-refractivity contribution < 1.29 is 4.79 Å². The van der Waals surface area contributed by atoms with Crippen molar-refractivity contribution in [3.63, 3.8) is 0 Å². The number of halogens is 1. The first kappa shape index (κ1) is 10.7. The van der Waals surface area contributed by atoms with E-state index in [2.05, 4.69) is 15.3 Å². The van der Waals surface area contributed by atoms with E-state index in [9.17, 15) is 4.79 Å². The Balaban J connectivity index is 2.76. The number of nitrogens with two attached hydrogens (primary N) is 1. The van der Waals surface area contributed by atoms with Crippen LogP contribution in [0.3, 0.4) is 0 Å². The van der Waals surface area contributed by atoms with Crippen LogP contribution in [-0.4, -0.2) is 22.4 Å². The molecule has 0 radical (unpaired) electrons. The number of hydrogen-bond acceptors (Lipinski definition) is 4. The van der Waals surface area contributed by atoms with Crippen LogP contribution in [0.4, 0.5) is 5.82 Å². The van der Waals surface area contributed by atoms with Crippen molar-refractivity contribution in [2.75, 3.05) is 11.9 Å². The Hall–Kier alpha value is -1.36. The van der Waals surface area contributed by atoms with Gasteiger partial charge in [0, 0.05) is 12.5 Å². The zero-order chi connectivity index (χ0) is 10.6. The van der Waals surface area contributed by atoms with E-state index >= 15 is 0 Å². The van der Waals surface area contributed by atoms with Crippen LogP contribution in [0, 0.1) is 0 Å². The Labute approximate surface area is 86.7 Å². The number of aryl methyl sites for hydroxylation is 1. The quantitative estimate of drug-likeness (QED) is 0.719. The number of nitrogens with one attached hydrogen (secondary N) is 1. The van der Waals surface area contributed by atoms with E-state index in [1.165, 1.54) is 0 Å². The Morgan fingerprint density at radius 2 is 2.36 bits per heavy atom. The number of primary amides is 1. The first-order valence-electron chi connectivity index (χ1n) is 4.17. The lowest BCUT2D eigenvalue weighted by Crippen LogP contribution is -2.22. The topological polar surface area (TPSA) is 80.9 Å². The second-order valence-corrected chi connectivity index (χ2v) is 3.05. The molecule has 1 amide bonds. The molecule has 0 unspecified atom stereocenters. The number of anilines is 1. The van der Waals surface area contributed by atoms with Crippen molar-refractivity contribution in [1.29, 1.82) is 0 Å². The van der Waals surface area contributed by atoms with Crippen molar-refractivity contribution in [2.24, 2.45) is 5.73 Å². The largest absolute Gasteiger partial charge is 0.368 e. The lowest BCUT2D eigenvalue weighted by Gasteiger charge is -2.04. The molecule has 14 heavy (non-hydrogen) atoms. The predicted molar refractivity (Wildman–Crippen MR) is 54.1 cm³/mol. The number of carbonyl (C=O) groups excluding carboxylic acids is 1. The molecule has 5 nitrogen and oxygen atoms in total. The summed E-state index contributed by atoms with van der Waals surface area (Å²) in [7, 11) is 0. The van der Waals surface area contributed by atoms with Gasteiger partial charge in [0.05, 0.1) is 6.54 Å². The second-order valence-electron chi connectivity index (χ2n) is 2.67. The number of rotatable bonds is 4. The summed E-state index contributed by atoms with van der Waals surface area (Å²) in [5, 5.41) is 3.10. The average molecular weight is 215 g/mol. The highest BCUT2D eigenvalue weighted by Crippen LogP contribution is 2.11. The summed E-state index contributed by atoms with van der Waals surface area (Å²) in [6, 6.07) is 1.55. The Bertz CT molecular complexity index is 342. The van der Waals surface area contributed by atoms with Gasteiger partial charge in [-0.3, -0.25) is 4.79 Å². The highest BCUT2D eigenvalue weighted by molar-refractivity contribution is 6.29. The van der Waals surface area contributed by atoms with Gasteiger partial charge in [-0.15, -0.1) is 0 Å². The van der Waals surface area contributed by atoms with Gasteiger partial charge < -0.3 is 11.1 Å². The van der Waals surface area contributed by atoms with Crippen LogP contribution in [0.15, 0.2) is 6.07 Å². The van der Waals surface area contributed by atoms with Crippen LogP contribution in [-0.2, 0) is 11.2 Å². The number of aromatic nitrogens is 2. The molecule has 0 fully saturated rings. The van der Waals surface area contributed by atoms with Crippen LogP contribution in [0.25, 0.3) is 0 Å². The van der Waals surface area contributed by atoms with Gasteiger partial charge in [0.25, 0.3) is 0 Å². The van der Waals surface area contributed by atoms with Crippen molar-refractivity contribution in [3.8, 4) is 0 Å². The smallest absolute Gasteiger partial charge is 0.236 e. The van der Waals surface area contributed by atoms with Crippen LogP contribution < -0.4 is 11.1 Å². The van der Waals surface area contributed by atoms with E-state index in [1.807, 2.05) is 6.92 Å². The molecule has 0 spiro atoms.